The van der Waals surface area contributed by atoms with E-state index in [4.69, 9.17) is 4.42 Å². The van der Waals surface area contributed by atoms with Crippen LogP contribution in [-0.2, 0) is 11.3 Å². The van der Waals surface area contributed by atoms with Crippen molar-refractivity contribution >= 4 is 11.7 Å². The van der Waals surface area contributed by atoms with Crippen LogP contribution >= 0.6 is 0 Å². The van der Waals surface area contributed by atoms with Gasteiger partial charge in [-0.05, 0) is 25.0 Å². The van der Waals surface area contributed by atoms with Gasteiger partial charge in [0.05, 0.1) is 31.6 Å². The van der Waals surface area contributed by atoms with Crippen molar-refractivity contribution in [3.8, 4) is 0 Å². The van der Waals surface area contributed by atoms with Gasteiger partial charge in [-0.3, -0.25) is 14.6 Å². The van der Waals surface area contributed by atoms with Gasteiger partial charge in [0.25, 0.3) is 0 Å². The third-order valence-corrected chi connectivity index (χ3v) is 5.40. The summed E-state index contributed by atoms with van der Waals surface area (Å²) in [6.45, 7) is 4.98. The summed E-state index contributed by atoms with van der Waals surface area (Å²) >= 11 is 0. The lowest BCUT2D eigenvalue weighted by Crippen LogP contribution is -2.48. The number of piperazine rings is 1. The lowest BCUT2D eigenvalue weighted by molar-refractivity contribution is -0.117. The highest BCUT2D eigenvalue weighted by Gasteiger charge is 2.22. The van der Waals surface area contributed by atoms with E-state index in [1.807, 2.05) is 22.9 Å². The van der Waals surface area contributed by atoms with E-state index in [0.29, 0.717) is 12.6 Å². The molecule has 2 aromatic heterocycles. The molecule has 0 aromatic carbocycles. The Kier molecular flexibility index (Phi) is 5.36. The third kappa shape index (κ3) is 4.16. The number of anilines is 1. The van der Waals surface area contributed by atoms with E-state index in [1.165, 1.54) is 12.8 Å². The van der Waals surface area contributed by atoms with Crippen LogP contribution in [-0.4, -0.2) is 58.2 Å². The average molecular weight is 357 g/mol. The summed E-state index contributed by atoms with van der Waals surface area (Å²) in [6.07, 6.45) is 8.30. The largest absolute Gasteiger partial charge is 0.468 e. The van der Waals surface area contributed by atoms with Gasteiger partial charge in [0.1, 0.15) is 11.6 Å². The Morgan fingerprint density at radius 3 is 2.65 bits per heavy atom. The molecule has 1 N–H and O–H groups in total. The minimum atomic E-state index is 0.0456. The zero-order valence-electron chi connectivity index (χ0n) is 15.1. The molecule has 2 fully saturated rings. The maximum Gasteiger partial charge on any atom is 0.239 e. The Balaban J connectivity index is 1.24. The van der Waals surface area contributed by atoms with E-state index in [2.05, 4.69) is 20.2 Å². The molecule has 1 aliphatic heterocycles. The Morgan fingerprint density at radius 1 is 1.15 bits per heavy atom. The number of carbonyl (C=O) groups excluding carboxylic acids is 1. The molecule has 1 saturated carbocycles. The van der Waals surface area contributed by atoms with Crippen LogP contribution < -0.4 is 5.32 Å². The first-order valence-electron chi connectivity index (χ1n) is 9.58. The van der Waals surface area contributed by atoms with Gasteiger partial charge in [-0.15, -0.1) is 0 Å². The van der Waals surface area contributed by atoms with Gasteiger partial charge in [-0.2, -0.15) is 5.10 Å². The fraction of sp³-hybridized carbons (Fsp3) is 0.579. The molecule has 2 aliphatic rings. The minimum absolute atomic E-state index is 0.0456. The summed E-state index contributed by atoms with van der Waals surface area (Å²) in [4.78, 5) is 17.0. The summed E-state index contributed by atoms with van der Waals surface area (Å²) in [5.41, 5.74) is 0. The maximum atomic E-state index is 12.5. The van der Waals surface area contributed by atoms with Gasteiger partial charge in [-0.1, -0.05) is 12.8 Å². The van der Waals surface area contributed by atoms with Crippen molar-refractivity contribution in [2.75, 3.05) is 38.0 Å². The molecule has 7 nitrogen and oxygen atoms in total. The molecule has 0 atom stereocenters. The van der Waals surface area contributed by atoms with Gasteiger partial charge in [0, 0.05) is 32.2 Å². The van der Waals surface area contributed by atoms with Crippen molar-refractivity contribution in [1.29, 1.82) is 0 Å². The van der Waals surface area contributed by atoms with Gasteiger partial charge in [0.2, 0.25) is 5.91 Å². The zero-order valence-corrected chi connectivity index (χ0v) is 15.1. The Morgan fingerprint density at radius 2 is 1.92 bits per heavy atom. The molecule has 1 amide bonds. The number of hydrogen-bond donors (Lipinski definition) is 1. The van der Waals surface area contributed by atoms with Crippen LogP contribution in [0, 0.1) is 0 Å². The van der Waals surface area contributed by atoms with Crippen molar-refractivity contribution < 1.29 is 9.21 Å². The number of nitrogens with zero attached hydrogens (tertiary/aromatic N) is 4. The van der Waals surface area contributed by atoms with E-state index < -0.39 is 0 Å². The topological polar surface area (TPSA) is 66.5 Å². The van der Waals surface area contributed by atoms with Gasteiger partial charge < -0.3 is 9.73 Å². The van der Waals surface area contributed by atoms with Gasteiger partial charge >= 0.3 is 0 Å². The Labute approximate surface area is 153 Å². The van der Waals surface area contributed by atoms with Crippen LogP contribution in [0.15, 0.2) is 35.1 Å². The maximum absolute atomic E-state index is 12.5. The first kappa shape index (κ1) is 17.3. The second-order valence-electron chi connectivity index (χ2n) is 7.28. The molecule has 4 rings (SSSR count). The molecule has 1 aliphatic carbocycles. The second-order valence-corrected chi connectivity index (χ2v) is 7.28. The normalized spacial score (nSPS) is 19.8. The number of furan rings is 1. The SMILES string of the molecule is O=C(CN1CCN(Cc2ccco2)CC1)Nc1ccnn1C1CCCC1. The highest BCUT2D eigenvalue weighted by molar-refractivity contribution is 5.91. The number of rotatable bonds is 6. The fourth-order valence-corrected chi connectivity index (χ4v) is 3.97. The monoisotopic (exact) mass is 357 g/mol. The summed E-state index contributed by atoms with van der Waals surface area (Å²) < 4.78 is 7.40. The molecule has 2 aromatic rings. The summed E-state index contributed by atoms with van der Waals surface area (Å²) in [5.74, 6) is 1.87. The first-order valence-corrected chi connectivity index (χ1v) is 9.58. The number of amides is 1. The van der Waals surface area contributed by atoms with Crippen molar-refractivity contribution in [3.05, 3.63) is 36.4 Å². The second kappa shape index (κ2) is 8.05. The van der Waals surface area contributed by atoms with Crippen molar-refractivity contribution in [2.24, 2.45) is 0 Å². The molecule has 7 heteroatoms. The van der Waals surface area contributed by atoms with Crippen molar-refractivity contribution in [3.63, 3.8) is 0 Å². The molecular formula is C19H27N5O2. The molecule has 0 bridgehead atoms. The van der Waals surface area contributed by atoms with E-state index in [0.717, 1.165) is 57.1 Å². The van der Waals surface area contributed by atoms with Crippen LogP contribution in [0.3, 0.4) is 0 Å². The predicted octanol–water partition coefficient (Wildman–Crippen LogP) is 2.35. The summed E-state index contributed by atoms with van der Waals surface area (Å²) in [6, 6.07) is 6.27. The number of aromatic nitrogens is 2. The van der Waals surface area contributed by atoms with Crippen molar-refractivity contribution in [2.45, 2.75) is 38.3 Å². The molecule has 0 spiro atoms. The highest BCUT2D eigenvalue weighted by atomic mass is 16.3. The molecule has 140 valence electrons. The van der Waals surface area contributed by atoms with Crippen LogP contribution in [0.1, 0.15) is 37.5 Å². The summed E-state index contributed by atoms with van der Waals surface area (Å²) in [5, 5.41) is 7.47. The lowest BCUT2D eigenvalue weighted by atomic mass is 10.2. The van der Waals surface area contributed by atoms with Crippen LogP contribution in [0.4, 0.5) is 5.82 Å². The Bertz CT molecular complexity index is 697. The molecule has 0 unspecified atom stereocenters. The molecule has 1 saturated heterocycles. The Hall–Kier alpha value is -2.12. The molecule has 0 radical (unpaired) electrons. The van der Waals surface area contributed by atoms with Crippen LogP contribution in [0.2, 0.25) is 0 Å². The van der Waals surface area contributed by atoms with Gasteiger partial charge in [0.15, 0.2) is 0 Å². The van der Waals surface area contributed by atoms with Crippen LogP contribution in [0.25, 0.3) is 0 Å². The number of nitrogens with one attached hydrogen (secondary N) is 1. The lowest BCUT2D eigenvalue weighted by Gasteiger charge is -2.33. The quantitative estimate of drug-likeness (QED) is 0.860. The molecular weight excluding hydrogens is 330 g/mol. The van der Waals surface area contributed by atoms with Crippen LogP contribution in [0.5, 0.6) is 0 Å². The predicted molar refractivity (Wildman–Crippen MR) is 98.8 cm³/mol. The first-order chi connectivity index (χ1) is 12.8. The number of hydrogen-bond acceptors (Lipinski definition) is 5. The summed E-state index contributed by atoms with van der Waals surface area (Å²) in [7, 11) is 0. The van der Waals surface area contributed by atoms with Gasteiger partial charge in [-0.25, -0.2) is 4.68 Å². The van der Waals surface area contributed by atoms with E-state index >= 15 is 0 Å². The third-order valence-electron chi connectivity index (χ3n) is 5.40. The standard InChI is InChI=1S/C19H27N5O2/c25-19(21-18-7-8-20-24(18)16-4-1-2-5-16)15-23-11-9-22(10-12-23)14-17-6-3-13-26-17/h3,6-8,13,16H,1-2,4-5,9-12,14-15H2,(H,21,25). The van der Waals surface area contributed by atoms with E-state index in [-0.39, 0.29) is 5.91 Å². The number of carbonyl (C=O) groups is 1. The fourth-order valence-electron chi connectivity index (χ4n) is 3.97. The smallest absolute Gasteiger partial charge is 0.239 e. The molecule has 3 heterocycles. The zero-order chi connectivity index (χ0) is 17.8. The highest BCUT2D eigenvalue weighted by Crippen LogP contribution is 2.31. The minimum Gasteiger partial charge on any atom is -0.468 e. The van der Waals surface area contributed by atoms with E-state index in [1.54, 1.807) is 12.5 Å². The molecule has 26 heavy (non-hydrogen) atoms. The van der Waals surface area contributed by atoms with E-state index in [9.17, 15) is 4.79 Å². The average Bonchev–Trinajstić information content (AvgIpc) is 3.38. The van der Waals surface area contributed by atoms with Crippen molar-refractivity contribution in [1.82, 2.24) is 19.6 Å².